The number of nitrogens with zero attached hydrogens (tertiary/aromatic N) is 1. The molecule has 1 unspecified atom stereocenters. The van der Waals surface area contributed by atoms with E-state index in [1.54, 1.807) is 14.2 Å². The maximum Gasteiger partial charge on any atom is 0.123 e. The van der Waals surface area contributed by atoms with E-state index < -0.39 is 6.10 Å². The van der Waals surface area contributed by atoms with Crippen LogP contribution in [0.25, 0.3) is 10.8 Å². The third-order valence-corrected chi connectivity index (χ3v) is 3.53. The summed E-state index contributed by atoms with van der Waals surface area (Å²) in [6.45, 7) is 1.61. The first-order chi connectivity index (χ1) is 10.2. The standard InChI is InChI=1S/C17H23NO3/c1-18(10-14(19)12-20-2)11-16-15-7-5-4-6-13(15)8-9-17(16)21-3/h4-9,14,19H,10-12H2,1-3H3. The molecule has 0 aliphatic rings. The van der Waals surface area contributed by atoms with Crippen LogP contribution in [0.5, 0.6) is 5.75 Å². The van der Waals surface area contributed by atoms with Crippen molar-refractivity contribution in [1.82, 2.24) is 4.90 Å². The van der Waals surface area contributed by atoms with Crippen LogP contribution in [-0.2, 0) is 11.3 Å². The lowest BCUT2D eigenvalue weighted by atomic mass is 10.0. The monoisotopic (exact) mass is 289 g/mol. The minimum Gasteiger partial charge on any atom is -0.496 e. The molecule has 0 spiro atoms. The van der Waals surface area contributed by atoms with Gasteiger partial charge in [0.15, 0.2) is 0 Å². The van der Waals surface area contributed by atoms with Crippen molar-refractivity contribution < 1.29 is 14.6 Å². The summed E-state index contributed by atoms with van der Waals surface area (Å²) in [5.74, 6) is 0.877. The summed E-state index contributed by atoms with van der Waals surface area (Å²) in [5, 5.41) is 12.2. The molecule has 4 heteroatoms. The van der Waals surface area contributed by atoms with Crippen LogP contribution in [0, 0.1) is 0 Å². The fourth-order valence-electron chi connectivity index (χ4n) is 2.61. The van der Waals surface area contributed by atoms with Crippen LogP contribution in [0.4, 0.5) is 0 Å². The highest BCUT2D eigenvalue weighted by atomic mass is 16.5. The van der Waals surface area contributed by atoms with Gasteiger partial charge in [-0.3, -0.25) is 4.90 Å². The summed E-state index contributed by atoms with van der Waals surface area (Å²) in [6.07, 6.45) is -0.485. The van der Waals surface area contributed by atoms with Gasteiger partial charge in [-0.1, -0.05) is 30.3 Å². The van der Waals surface area contributed by atoms with Gasteiger partial charge in [0.25, 0.3) is 0 Å². The second kappa shape index (κ2) is 7.41. The topological polar surface area (TPSA) is 41.9 Å². The number of aliphatic hydroxyl groups excluding tert-OH is 1. The molecule has 0 aliphatic carbocycles. The number of methoxy groups -OCH3 is 2. The van der Waals surface area contributed by atoms with E-state index in [1.807, 2.05) is 25.2 Å². The fraction of sp³-hybridized carbons (Fsp3) is 0.412. The molecule has 0 amide bonds. The van der Waals surface area contributed by atoms with Crippen molar-refractivity contribution in [2.45, 2.75) is 12.6 Å². The predicted octanol–water partition coefficient (Wildman–Crippen LogP) is 2.29. The van der Waals surface area contributed by atoms with Crippen molar-refractivity contribution >= 4 is 10.8 Å². The Kier molecular flexibility index (Phi) is 5.56. The highest BCUT2D eigenvalue weighted by Gasteiger charge is 2.13. The average molecular weight is 289 g/mol. The minimum absolute atomic E-state index is 0.344. The van der Waals surface area contributed by atoms with Gasteiger partial charge in [0.05, 0.1) is 19.8 Å². The van der Waals surface area contributed by atoms with E-state index in [0.717, 1.165) is 11.3 Å². The molecular weight excluding hydrogens is 266 g/mol. The average Bonchev–Trinajstić information content (AvgIpc) is 2.47. The summed E-state index contributed by atoms with van der Waals surface area (Å²) in [4.78, 5) is 2.08. The van der Waals surface area contributed by atoms with Crippen molar-refractivity contribution in [3.63, 3.8) is 0 Å². The van der Waals surface area contributed by atoms with Crippen molar-refractivity contribution in [3.05, 3.63) is 42.0 Å². The highest BCUT2D eigenvalue weighted by Crippen LogP contribution is 2.28. The van der Waals surface area contributed by atoms with Gasteiger partial charge < -0.3 is 14.6 Å². The quantitative estimate of drug-likeness (QED) is 0.849. The van der Waals surface area contributed by atoms with Gasteiger partial charge in [0.1, 0.15) is 5.75 Å². The third-order valence-electron chi connectivity index (χ3n) is 3.53. The fourth-order valence-corrected chi connectivity index (χ4v) is 2.61. The number of aliphatic hydroxyl groups is 1. The van der Waals surface area contributed by atoms with Gasteiger partial charge in [-0.25, -0.2) is 0 Å². The number of fused-ring (bicyclic) bond motifs is 1. The maximum atomic E-state index is 9.84. The lowest BCUT2D eigenvalue weighted by Gasteiger charge is -2.22. The second-order valence-electron chi connectivity index (χ2n) is 5.27. The molecule has 1 N–H and O–H groups in total. The molecule has 21 heavy (non-hydrogen) atoms. The van der Waals surface area contributed by atoms with Gasteiger partial charge in [0, 0.05) is 25.8 Å². The lowest BCUT2D eigenvalue weighted by molar-refractivity contribution is 0.0418. The molecule has 0 bridgehead atoms. The van der Waals surface area contributed by atoms with Crippen LogP contribution < -0.4 is 4.74 Å². The lowest BCUT2D eigenvalue weighted by Crippen LogP contribution is -2.31. The van der Waals surface area contributed by atoms with E-state index in [0.29, 0.717) is 19.7 Å². The molecular formula is C17H23NO3. The smallest absolute Gasteiger partial charge is 0.123 e. The Bertz CT molecular complexity index is 585. The third kappa shape index (κ3) is 3.94. The van der Waals surface area contributed by atoms with Crippen LogP contribution in [0.1, 0.15) is 5.56 Å². The summed E-state index contributed by atoms with van der Waals surface area (Å²) in [5.41, 5.74) is 1.14. The zero-order valence-corrected chi connectivity index (χ0v) is 12.9. The molecule has 114 valence electrons. The van der Waals surface area contributed by atoms with Crippen LogP contribution in [0.15, 0.2) is 36.4 Å². The number of hydrogen-bond acceptors (Lipinski definition) is 4. The van der Waals surface area contributed by atoms with Crippen LogP contribution >= 0.6 is 0 Å². The molecule has 2 aromatic carbocycles. The summed E-state index contributed by atoms with van der Waals surface area (Å²) >= 11 is 0. The van der Waals surface area contributed by atoms with Crippen LogP contribution in [0.2, 0.25) is 0 Å². The van der Waals surface area contributed by atoms with Crippen molar-refractivity contribution in [3.8, 4) is 5.75 Å². The van der Waals surface area contributed by atoms with Gasteiger partial charge >= 0.3 is 0 Å². The zero-order valence-electron chi connectivity index (χ0n) is 12.9. The number of rotatable bonds is 7. The van der Waals surface area contributed by atoms with E-state index in [2.05, 4.69) is 23.1 Å². The summed E-state index contributed by atoms with van der Waals surface area (Å²) in [7, 11) is 5.27. The summed E-state index contributed by atoms with van der Waals surface area (Å²) < 4.78 is 10.5. The Morgan fingerprint density at radius 1 is 1.14 bits per heavy atom. The van der Waals surface area contributed by atoms with Gasteiger partial charge in [0.2, 0.25) is 0 Å². The predicted molar refractivity (Wildman–Crippen MR) is 84.7 cm³/mol. The molecule has 0 heterocycles. The Morgan fingerprint density at radius 3 is 2.62 bits per heavy atom. The first-order valence-electron chi connectivity index (χ1n) is 7.06. The number of ether oxygens (including phenoxy) is 2. The molecule has 4 nitrogen and oxygen atoms in total. The van der Waals surface area contributed by atoms with Gasteiger partial charge in [-0.15, -0.1) is 0 Å². The van der Waals surface area contributed by atoms with E-state index in [-0.39, 0.29) is 0 Å². The Hall–Kier alpha value is -1.62. The van der Waals surface area contributed by atoms with E-state index in [4.69, 9.17) is 9.47 Å². The first kappa shape index (κ1) is 15.8. The molecule has 2 rings (SSSR count). The molecule has 0 radical (unpaired) electrons. The molecule has 0 saturated heterocycles. The Morgan fingerprint density at radius 2 is 1.90 bits per heavy atom. The second-order valence-corrected chi connectivity index (χ2v) is 5.27. The Labute approximate surface area is 125 Å². The number of hydrogen-bond donors (Lipinski definition) is 1. The van der Waals surface area contributed by atoms with E-state index in [9.17, 15) is 5.11 Å². The largest absolute Gasteiger partial charge is 0.496 e. The Balaban J connectivity index is 2.23. The highest BCUT2D eigenvalue weighted by molar-refractivity contribution is 5.87. The van der Waals surface area contributed by atoms with Crippen LogP contribution in [-0.4, -0.2) is 50.5 Å². The molecule has 0 aromatic heterocycles. The molecule has 1 atom stereocenters. The van der Waals surface area contributed by atoms with Crippen molar-refractivity contribution in [2.75, 3.05) is 34.4 Å². The minimum atomic E-state index is -0.485. The molecule has 0 fully saturated rings. The molecule has 2 aromatic rings. The maximum absolute atomic E-state index is 9.84. The first-order valence-corrected chi connectivity index (χ1v) is 7.06. The van der Waals surface area contributed by atoms with Crippen molar-refractivity contribution in [2.24, 2.45) is 0 Å². The van der Waals surface area contributed by atoms with E-state index in [1.165, 1.54) is 10.8 Å². The van der Waals surface area contributed by atoms with Crippen LogP contribution in [0.3, 0.4) is 0 Å². The molecule has 0 saturated carbocycles. The normalized spacial score (nSPS) is 12.8. The number of likely N-dealkylation sites (N-methyl/N-ethyl adjacent to an activating group) is 1. The zero-order chi connectivity index (χ0) is 15.2. The van der Waals surface area contributed by atoms with E-state index >= 15 is 0 Å². The van der Waals surface area contributed by atoms with Gasteiger partial charge in [-0.05, 0) is 23.9 Å². The molecule has 0 aliphatic heterocycles. The summed E-state index contributed by atoms with van der Waals surface area (Å²) in [6, 6.07) is 12.3. The SMILES string of the molecule is COCC(O)CN(C)Cc1c(OC)ccc2ccccc12. The van der Waals surface area contributed by atoms with Gasteiger partial charge in [-0.2, -0.15) is 0 Å². The van der Waals surface area contributed by atoms with Crippen molar-refractivity contribution in [1.29, 1.82) is 0 Å². The number of benzene rings is 2.